The number of nitrogens with two attached hydrogens (primary N) is 1. The van der Waals surface area contributed by atoms with Crippen molar-refractivity contribution in [2.24, 2.45) is 5.92 Å². The molecule has 3 aromatic rings. The van der Waals surface area contributed by atoms with Crippen molar-refractivity contribution < 1.29 is 23.1 Å². The quantitative estimate of drug-likeness (QED) is 0.259. The van der Waals surface area contributed by atoms with Gasteiger partial charge in [0.2, 0.25) is 0 Å². The fourth-order valence-corrected chi connectivity index (χ4v) is 5.52. The second-order valence-corrected chi connectivity index (χ2v) is 10.0. The van der Waals surface area contributed by atoms with Gasteiger partial charge in [0.05, 0.1) is 32.6 Å². The Morgan fingerprint density at radius 3 is 2.79 bits per heavy atom. The monoisotopic (exact) mass is 486 g/mol. The number of nitrogens with zero attached hydrogens (tertiary/aromatic N) is 5. The van der Waals surface area contributed by atoms with Crippen LogP contribution in [0.25, 0.3) is 11.2 Å². The molecule has 0 radical (unpaired) electrons. The summed E-state index contributed by atoms with van der Waals surface area (Å²) >= 11 is 0. The Morgan fingerprint density at radius 1 is 1.24 bits per heavy atom. The van der Waals surface area contributed by atoms with E-state index < -0.39 is 13.6 Å². The second kappa shape index (κ2) is 10.3. The first-order valence-corrected chi connectivity index (χ1v) is 12.4. The third-order valence-corrected chi connectivity index (χ3v) is 7.27. The maximum absolute atomic E-state index is 13.6. The largest absolute Gasteiger partial charge is 0.468 e. The molecule has 0 saturated carbocycles. The molecular formula is C22H27N6O5P. The number of allylic oxidation sites excluding steroid dienone is 1. The summed E-state index contributed by atoms with van der Waals surface area (Å²) in [5, 5.41) is 0. The Kier molecular flexibility index (Phi) is 7.26. The molecule has 2 N–H and O–H groups in total. The predicted octanol–water partition coefficient (Wildman–Crippen LogP) is 2.88. The summed E-state index contributed by atoms with van der Waals surface area (Å²) in [6, 6.07) is 8.83. The first kappa shape index (κ1) is 23.9. The molecule has 180 valence electrons. The van der Waals surface area contributed by atoms with Gasteiger partial charge in [-0.05, 0) is 25.6 Å². The molecule has 0 bridgehead atoms. The number of carbonyl (C=O) groups is 1. The molecule has 1 aromatic carbocycles. The lowest BCUT2D eigenvalue weighted by Crippen LogP contribution is -2.29. The van der Waals surface area contributed by atoms with Gasteiger partial charge >= 0.3 is 13.6 Å². The van der Waals surface area contributed by atoms with E-state index in [-0.39, 0.29) is 31.4 Å². The molecule has 12 heteroatoms. The molecule has 0 amide bonds. The minimum atomic E-state index is -3.61. The molecule has 0 aliphatic heterocycles. The maximum Gasteiger partial charge on any atom is 0.393 e. The van der Waals surface area contributed by atoms with Crippen molar-refractivity contribution in [3.05, 3.63) is 55.1 Å². The van der Waals surface area contributed by atoms with Crippen LogP contribution in [0.4, 0.5) is 5.82 Å². The molecule has 2 aromatic heterocycles. The van der Waals surface area contributed by atoms with Crippen LogP contribution >= 0.6 is 7.60 Å². The number of esters is 1. The normalized spacial score (nSPS) is 19.4. The SMILES string of the molecule is COC(=O)CN(C)CP(=O)(OC[C@H]1C=C[C@@H](n2cnc3c(N)ncnc32)C1)Oc1ccccc1. The Labute approximate surface area is 197 Å². The van der Waals surface area contributed by atoms with Crippen LogP contribution in [0.2, 0.25) is 0 Å². The molecule has 0 fully saturated rings. The summed E-state index contributed by atoms with van der Waals surface area (Å²) in [5.74, 6) is 0.326. The van der Waals surface area contributed by atoms with Gasteiger partial charge in [-0.1, -0.05) is 30.4 Å². The second-order valence-electron chi connectivity index (χ2n) is 8.07. The number of hydrogen-bond acceptors (Lipinski definition) is 10. The van der Waals surface area contributed by atoms with Crippen LogP contribution in [-0.4, -0.2) is 64.0 Å². The van der Waals surface area contributed by atoms with Crippen molar-refractivity contribution in [1.82, 2.24) is 24.4 Å². The number of benzene rings is 1. The van der Waals surface area contributed by atoms with Gasteiger partial charge in [0.15, 0.2) is 11.5 Å². The lowest BCUT2D eigenvalue weighted by atomic mass is 10.1. The Morgan fingerprint density at radius 2 is 2.03 bits per heavy atom. The smallest absolute Gasteiger partial charge is 0.393 e. The Balaban J connectivity index is 1.42. The summed E-state index contributed by atoms with van der Waals surface area (Å²) in [6.45, 7) is 0.152. The highest BCUT2D eigenvalue weighted by molar-refractivity contribution is 7.54. The Hall–Kier alpha value is -3.27. The third-order valence-electron chi connectivity index (χ3n) is 5.41. The van der Waals surface area contributed by atoms with E-state index >= 15 is 0 Å². The number of hydrogen-bond donors (Lipinski definition) is 1. The van der Waals surface area contributed by atoms with Crippen molar-refractivity contribution in [3.63, 3.8) is 0 Å². The number of nitrogen functional groups attached to an aromatic ring is 1. The summed E-state index contributed by atoms with van der Waals surface area (Å²) in [7, 11) is -0.652. The molecule has 0 saturated heterocycles. The van der Waals surface area contributed by atoms with Gasteiger partial charge in [0.25, 0.3) is 0 Å². The average molecular weight is 486 g/mol. The topological polar surface area (TPSA) is 135 Å². The molecule has 3 atom stereocenters. The van der Waals surface area contributed by atoms with E-state index in [4.69, 9.17) is 19.5 Å². The first-order chi connectivity index (χ1) is 16.4. The number of para-hydroxylation sites is 1. The lowest BCUT2D eigenvalue weighted by Gasteiger charge is -2.25. The maximum atomic E-state index is 13.6. The van der Waals surface area contributed by atoms with Crippen molar-refractivity contribution in [1.29, 1.82) is 0 Å². The number of fused-ring (bicyclic) bond motifs is 1. The highest BCUT2D eigenvalue weighted by atomic mass is 31.2. The fourth-order valence-electron chi connectivity index (χ4n) is 3.77. The van der Waals surface area contributed by atoms with Crippen LogP contribution in [0.1, 0.15) is 12.5 Å². The molecule has 11 nitrogen and oxygen atoms in total. The van der Waals surface area contributed by atoms with Crippen LogP contribution in [0, 0.1) is 5.92 Å². The summed E-state index contributed by atoms with van der Waals surface area (Å²) in [4.78, 5) is 25.8. The van der Waals surface area contributed by atoms with Crippen LogP contribution in [-0.2, 0) is 18.6 Å². The van der Waals surface area contributed by atoms with E-state index in [0.29, 0.717) is 29.2 Å². The number of carbonyl (C=O) groups excluding carboxylic acids is 1. The van der Waals surface area contributed by atoms with Gasteiger partial charge in [-0.25, -0.2) is 19.5 Å². The van der Waals surface area contributed by atoms with Crippen LogP contribution in [0.5, 0.6) is 5.75 Å². The van der Waals surface area contributed by atoms with Gasteiger partial charge in [-0.3, -0.25) is 14.2 Å². The summed E-state index contributed by atoms with van der Waals surface area (Å²) in [6.07, 6.45) is 7.81. The third kappa shape index (κ3) is 5.61. The van der Waals surface area contributed by atoms with E-state index in [1.165, 1.54) is 13.4 Å². The van der Waals surface area contributed by atoms with E-state index in [9.17, 15) is 9.36 Å². The zero-order valence-electron chi connectivity index (χ0n) is 19.0. The van der Waals surface area contributed by atoms with Gasteiger partial charge < -0.3 is 19.6 Å². The van der Waals surface area contributed by atoms with Crippen molar-refractivity contribution in [2.45, 2.75) is 12.5 Å². The Bertz CT molecular complexity index is 1220. The van der Waals surface area contributed by atoms with Crippen molar-refractivity contribution in [3.8, 4) is 5.75 Å². The first-order valence-electron chi connectivity index (χ1n) is 10.7. The number of ether oxygens (including phenoxy) is 1. The standard InChI is InChI=1S/C22H27N6O5P/c1-27(11-19(29)31-2)15-34(30,33-18-6-4-3-5-7-18)32-12-16-8-9-17(10-16)28-14-26-20-21(23)24-13-25-22(20)28/h3-9,13-14,16-17H,10-12,15H2,1-2H3,(H2,23,24,25)/t16-,17+,34?/m0/s1. The summed E-state index contributed by atoms with van der Waals surface area (Å²) in [5.41, 5.74) is 7.11. The lowest BCUT2D eigenvalue weighted by molar-refractivity contribution is -0.141. The molecule has 34 heavy (non-hydrogen) atoms. The molecule has 1 unspecified atom stereocenters. The number of anilines is 1. The minimum absolute atomic E-state index is 0.000228. The zero-order valence-corrected chi connectivity index (χ0v) is 19.9. The number of aromatic nitrogens is 4. The van der Waals surface area contributed by atoms with Crippen LogP contribution < -0.4 is 10.3 Å². The van der Waals surface area contributed by atoms with E-state index in [2.05, 4.69) is 15.0 Å². The zero-order chi connectivity index (χ0) is 24.1. The highest BCUT2D eigenvalue weighted by Crippen LogP contribution is 2.49. The van der Waals surface area contributed by atoms with Gasteiger partial charge in [0, 0.05) is 5.92 Å². The molecule has 0 spiro atoms. The van der Waals surface area contributed by atoms with Crippen LogP contribution in [0.15, 0.2) is 55.1 Å². The van der Waals surface area contributed by atoms with E-state index in [0.717, 1.165) is 0 Å². The van der Waals surface area contributed by atoms with Crippen molar-refractivity contribution >= 4 is 30.5 Å². The number of rotatable bonds is 10. The average Bonchev–Trinajstić information content (AvgIpc) is 3.46. The van der Waals surface area contributed by atoms with Gasteiger partial charge in [0.1, 0.15) is 23.9 Å². The van der Waals surface area contributed by atoms with E-state index in [1.807, 2.05) is 22.8 Å². The van der Waals surface area contributed by atoms with Gasteiger partial charge in [-0.15, -0.1) is 0 Å². The van der Waals surface area contributed by atoms with Crippen LogP contribution in [0.3, 0.4) is 0 Å². The molecule has 1 aliphatic carbocycles. The number of likely N-dealkylation sites (N-methyl/N-ethyl adjacent to an activating group) is 1. The highest BCUT2D eigenvalue weighted by Gasteiger charge is 2.32. The predicted molar refractivity (Wildman–Crippen MR) is 126 cm³/mol. The minimum Gasteiger partial charge on any atom is -0.468 e. The van der Waals surface area contributed by atoms with Gasteiger partial charge in [-0.2, -0.15) is 0 Å². The molecule has 4 rings (SSSR count). The molecule has 1 aliphatic rings. The molecule has 2 heterocycles. The summed E-state index contributed by atoms with van der Waals surface area (Å²) < 4.78 is 31.9. The fraction of sp³-hybridized carbons (Fsp3) is 0.364. The van der Waals surface area contributed by atoms with Crippen molar-refractivity contribution in [2.75, 3.05) is 39.3 Å². The molecular weight excluding hydrogens is 459 g/mol. The van der Waals surface area contributed by atoms with E-state index in [1.54, 1.807) is 42.5 Å². The number of imidazole rings is 1. The number of methoxy groups -OCH3 is 1.